The lowest BCUT2D eigenvalue weighted by molar-refractivity contribution is -0.385. The summed E-state index contributed by atoms with van der Waals surface area (Å²) in [4.78, 5) is 29.1. The predicted molar refractivity (Wildman–Crippen MR) is 95.2 cm³/mol. The number of thiazole rings is 1. The summed E-state index contributed by atoms with van der Waals surface area (Å²) in [5.74, 6) is -0.402. The lowest BCUT2D eigenvalue weighted by atomic mass is 10.1. The first kappa shape index (κ1) is 17.3. The van der Waals surface area contributed by atoms with Gasteiger partial charge in [0, 0.05) is 29.2 Å². The molecule has 1 saturated heterocycles. The fraction of sp³-hybridized carbons (Fsp3) is 0.412. The minimum atomic E-state index is -0.402. The highest BCUT2D eigenvalue weighted by Crippen LogP contribution is 2.38. The molecule has 1 aliphatic heterocycles. The van der Waals surface area contributed by atoms with Crippen LogP contribution in [0.2, 0.25) is 0 Å². The third-order valence-electron chi connectivity index (χ3n) is 4.25. The molecule has 0 saturated carbocycles. The second-order valence-corrected chi connectivity index (χ2v) is 6.76. The Hall–Kier alpha value is -2.48. The molecule has 0 bridgehead atoms. The number of carbonyl (C=O) groups excluding carboxylic acids is 1. The summed E-state index contributed by atoms with van der Waals surface area (Å²) >= 11 is 1.45. The molecule has 1 aromatic heterocycles. The molecule has 1 unspecified atom stereocenters. The molecule has 132 valence electrons. The van der Waals surface area contributed by atoms with Gasteiger partial charge in [0.05, 0.1) is 17.6 Å². The van der Waals surface area contributed by atoms with Crippen molar-refractivity contribution in [2.45, 2.75) is 32.7 Å². The first-order valence-electron chi connectivity index (χ1n) is 8.15. The number of anilines is 1. The molecule has 8 heteroatoms. The summed E-state index contributed by atoms with van der Waals surface area (Å²) in [5, 5.41) is 13.6. The van der Waals surface area contributed by atoms with Crippen molar-refractivity contribution >= 4 is 28.7 Å². The zero-order valence-corrected chi connectivity index (χ0v) is 14.9. The van der Waals surface area contributed by atoms with Crippen LogP contribution in [-0.2, 0) is 4.74 Å². The number of esters is 1. The second-order valence-electron chi connectivity index (χ2n) is 5.87. The number of carbonyl (C=O) groups is 1. The molecule has 0 N–H and O–H groups in total. The van der Waals surface area contributed by atoms with E-state index in [0.717, 1.165) is 30.1 Å². The van der Waals surface area contributed by atoms with Crippen molar-refractivity contribution in [3.8, 4) is 0 Å². The number of nitrogens with zero attached hydrogens (tertiary/aromatic N) is 3. The maximum atomic E-state index is 11.8. The lowest BCUT2D eigenvalue weighted by Crippen LogP contribution is -2.22. The van der Waals surface area contributed by atoms with E-state index >= 15 is 0 Å². The standard InChI is InChI=1S/C17H19N3O4S/c1-3-24-17(21)13-10-25-16(18-13)15-5-4-8-19(15)12-6-7-14(20(22)23)11(2)9-12/h6-7,9-10,15H,3-5,8H2,1-2H3. The van der Waals surface area contributed by atoms with E-state index in [1.165, 1.54) is 11.3 Å². The number of nitro benzene ring substituents is 1. The van der Waals surface area contributed by atoms with Crippen LogP contribution in [0.1, 0.15) is 46.9 Å². The molecule has 0 amide bonds. The van der Waals surface area contributed by atoms with Crippen LogP contribution in [0.25, 0.3) is 0 Å². The average Bonchev–Trinajstić information content (AvgIpc) is 3.23. The average molecular weight is 361 g/mol. The van der Waals surface area contributed by atoms with Crippen LogP contribution in [0.3, 0.4) is 0 Å². The molecular weight excluding hydrogens is 342 g/mol. The smallest absolute Gasteiger partial charge is 0.357 e. The second kappa shape index (κ2) is 7.18. The minimum absolute atomic E-state index is 0.0778. The maximum absolute atomic E-state index is 11.8. The number of benzene rings is 1. The number of hydrogen-bond donors (Lipinski definition) is 0. The molecule has 3 rings (SSSR count). The van der Waals surface area contributed by atoms with Crippen LogP contribution in [0.5, 0.6) is 0 Å². The molecule has 1 atom stereocenters. The highest BCUT2D eigenvalue weighted by Gasteiger charge is 2.30. The van der Waals surface area contributed by atoms with Crippen molar-refractivity contribution in [1.29, 1.82) is 0 Å². The zero-order valence-electron chi connectivity index (χ0n) is 14.1. The van der Waals surface area contributed by atoms with Gasteiger partial charge in [-0.2, -0.15) is 0 Å². The van der Waals surface area contributed by atoms with Crippen LogP contribution >= 0.6 is 11.3 Å². The molecule has 1 fully saturated rings. The van der Waals surface area contributed by atoms with Gasteiger partial charge in [-0.05, 0) is 38.8 Å². The van der Waals surface area contributed by atoms with E-state index in [9.17, 15) is 14.9 Å². The van der Waals surface area contributed by atoms with Crippen molar-refractivity contribution in [3.63, 3.8) is 0 Å². The fourth-order valence-corrected chi connectivity index (χ4v) is 4.03. The number of aromatic nitrogens is 1. The number of ether oxygens (including phenoxy) is 1. The van der Waals surface area contributed by atoms with Crippen LogP contribution in [0.4, 0.5) is 11.4 Å². The van der Waals surface area contributed by atoms with Crippen molar-refractivity contribution in [2.24, 2.45) is 0 Å². The van der Waals surface area contributed by atoms with Gasteiger partial charge in [0.2, 0.25) is 0 Å². The Kier molecular flexibility index (Phi) is 4.98. The van der Waals surface area contributed by atoms with Gasteiger partial charge in [-0.1, -0.05) is 0 Å². The third kappa shape index (κ3) is 3.48. The van der Waals surface area contributed by atoms with E-state index in [4.69, 9.17) is 4.74 Å². The van der Waals surface area contributed by atoms with Gasteiger partial charge < -0.3 is 9.64 Å². The molecule has 1 aliphatic rings. The van der Waals surface area contributed by atoms with E-state index in [2.05, 4.69) is 9.88 Å². The summed E-state index contributed by atoms with van der Waals surface area (Å²) in [6, 6.07) is 5.25. The van der Waals surface area contributed by atoms with Gasteiger partial charge >= 0.3 is 5.97 Å². The van der Waals surface area contributed by atoms with Crippen LogP contribution in [-0.4, -0.2) is 29.0 Å². The van der Waals surface area contributed by atoms with Crippen molar-refractivity contribution < 1.29 is 14.5 Å². The maximum Gasteiger partial charge on any atom is 0.357 e. The lowest BCUT2D eigenvalue weighted by Gasteiger charge is -2.25. The van der Waals surface area contributed by atoms with Gasteiger partial charge in [-0.25, -0.2) is 9.78 Å². The Morgan fingerprint density at radius 2 is 2.32 bits per heavy atom. The number of nitro groups is 1. The Balaban J connectivity index is 1.85. The van der Waals surface area contributed by atoms with Crippen LogP contribution in [0.15, 0.2) is 23.6 Å². The Labute approximate surface area is 149 Å². The molecule has 0 aliphatic carbocycles. The van der Waals surface area contributed by atoms with Crippen molar-refractivity contribution in [2.75, 3.05) is 18.1 Å². The van der Waals surface area contributed by atoms with E-state index < -0.39 is 5.97 Å². The van der Waals surface area contributed by atoms with E-state index in [-0.39, 0.29) is 16.7 Å². The topological polar surface area (TPSA) is 85.6 Å². The minimum Gasteiger partial charge on any atom is -0.461 e. The normalized spacial score (nSPS) is 16.9. The van der Waals surface area contributed by atoms with Gasteiger partial charge in [0.15, 0.2) is 5.69 Å². The first-order chi connectivity index (χ1) is 12.0. The SMILES string of the molecule is CCOC(=O)c1csc(C2CCCN2c2ccc([N+](=O)[O-])c(C)c2)n1. The summed E-state index contributed by atoms with van der Waals surface area (Å²) in [6.45, 7) is 4.69. The van der Waals surface area contributed by atoms with Gasteiger partial charge in [0.1, 0.15) is 5.01 Å². The highest BCUT2D eigenvalue weighted by molar-refractivity contribution is 7.10. The van der Waals surface area contributed by atoms with Crippen molar-refractivity contribution in [3.05, 3.63) is 50.0 Å². The molecule has 1 aromatic carbocycles. The Bertz CT molecular complexity index is 805. The van der Waals surface area contributed by atoms with Crippen LogP contribution < -0.4 is 4.90 Å². The van der Waals surface area contributed by atoms with Crippen LogP contribution in [0, 0.1) is 17.0 Å². The highest BCUT2D eigenvalue weighted by atomic mass is 32.1. The zero-order chi connectivity index (χ0) is 18.0. The Morgan fingerprint density at radius 1 is 1.52 bits per heavy atom. The largest absolute Gasteiger partial charge is 0.461 e. The predicted octanol–water partition coefficient (Wildman–Crippen LogP) is 3.88. The summed E-state index contributed by atoms with van der Waals surface area (Å²) < 4.78 is 4.99. The molecule has 2 heterocycles. The summed E-state index contributed by atoms with van der Waals surface area (Å²) in [6.07, 6.45) is 1.95. The quantitative estimate of drug-likeness (QED) is 0.456. The molecule has 0 radical (unpaired) electrons. The summed E-state index contributed by atoms with van der Waals surface area (Å²) in [7, 11) is 0. The molecular formula is C17H19N3O4S. The molecule has 0 spiro atoms. The fourth-order valence-electron chi connectivity index (χ4n) is 3.10. The van der Waals surface area contributed by atoms with E-state index in [1.54, 1.807) is 31.4 Å². The van der Waals surface area contributed by atoms with E-state index in [1.807, 2.05) is 6.07 Å². The first-order valence-corrected chi connectivity index (χ1v) is 9.03. The molecule has 25 heavy (non-hydrogen) atoms. The van der Waals surface area contributed by atoms with E-state index in [0.29, 0.717) is 17.9 Å². The van der Waals surface area contributed by atoms with Crippen molar-refractivity contribution in [1.82, 2.24) is 4.98 Å². The summed E-state index contributed by atoms with van der Waals surface area (Å²) in [5.41, 5.74) is 2.05. The molecule has 2 aromatic rings. The monoisotopic (exact) mass is 361 g/mol. The number of aryl methyl sites for hydroxylation is 1. The Morgan fingerprint density at radius 3 is 3.00 bits per heavy atom. The molecule has 7 nitrogen and oxygen atoms in total. The number of hydrogen-bond acceptors (Lipinski definition) is 7. The third-order valence-corrected chi connectivity index (χ3v) is 5.20. The number of rotatable bonds is 5. The van der Waals surface area contributed by atoms with Gasteiger partial charge in [-0.3, -0.25) is 10.1 Å². The van der Waals surface area contributed by atoms with Gasteiger partial charge in [-0.15, -0.1) is 11.3 Å². The van der Waals surface area contributed by atoms with Gasteiger partial charge in [0.25, 0.3) is 5.69 Å².